The van der Waals surface area contributed by atoms with Crippen molar-refractivity contribution in [3.05, 3.63) is 83.1 Å². The number of hydrogen-bond donors (Lipinski definition) is 2. The summed E-state index contributed by atoms with van der Waals surface area (Å²) in [6, 6.07) is 14.1. The van der Waals surface area contributed by atoms with Gasteiger partial charge in [0.15, 0.2) is 11.8 Å². The summed E-state index contributed by atoms with van der Waals surface area (Å²) in [4.78, 5) is 13.8. The number of nitrogens with zero attached hydrogens (tertiary/aromatic N) is 5. The van der Waals surface area contributed by atoms with Gasteiger partial charge in [-0.15, -0.1) is 0 Å². The average molecular weight is 444 g/mol. The molecule has 1 aromatic carbocycles. The van der Waals surface area contributed by atoms with Crippen molar-refractivity contribution in [1.82, 2.24) is 30.4 Å². The fourth-order valence-electron chi connectivity index (χ4n) is 3.40. The zero-order valence-corrected chi connectivity index (χ0v) is 19.5. The van der Waals surface area contributed by atoms with Gasteiger partial charge in [0.25, 0.3) is 0 Å². The topological polar surface area (TPSA) is 93.2 Å². The smallest absolute Gasteiger partial charge is 0.226 e. The lowest BCUT2D eigenvalue weighted by atomic mass is 10.1. The minimum Gasteiger partial charge on any atom is -0.444 e. The summed E-state index contributed by atoms with van der Waals surface area (Å²) in [6.45, 7) is 9.87. The summed E-state index contributed by atoms with van der Waals surface area (Å²) in [5.41, 5.74) is 6.02. The first kappa shape index (κ1) is 22.3. The molecular weight excluding hydrogens is 414 g/mol. The highest BCUT2D eigenvalue weighted by Gasteiger charge is 2.08. The molecule has 2 N–H and O–H groups in total. The van der Waals surface area contributed by atoms with Crippen LogP contribution in [0.25, 0.3) is 17.3 Å². The number of rotatable bonds is 7. The van der Waals surface area contributed by atoms with Crippen LogP contribution >= 0.6 is 0 Å². The monoisotopic (exact) mass is 443 g/mol. The van der Waals surface area contributed by atoms with Crippen molar-refractivity contribution < 1.29 is 4.42 Å². The van der Waals surface area contributed by atoms with Crippen LogP contribution in [0.5, 0.6) is 0 Å². The minimum atomic E-state index is 0.507. The summed E-state index contributed by atoms with van der Waals surface area (Å²) >= 11 is 0. The van der Waals surface area contributed by atoms with E-state index in [1.165, 1.54) is 5.56 Å². The van der Waals surface area contributed by atoms with Crippen molar-refractivity contribution in [2.75, 3.05) is 6.54 Å². The Balaban J connectivity index is 1.38. The minimum absolute atomic E-state index is 0.507. The molecule has 3 heterocycles. The highest BCUT2D eigenvalue weighted by atomic mass is 16.3. The predicted molar refractivity (Wildman–Crippen MR) is 129 cm³/mol. The van der Waals surface area contributed by atoms with E-state index in [9.17, 15) is 0 Å². The number of aliphatic imine (C=N–C) groups is 1. The first-order valence-corrected chi connectivity index (χ1v) is 11.0. The van der Waals surface area contributed by atoms with Crippen LogP contribution in [-0.2, 0) is 13.1 Å². The number of oxazole rings is 1. The number of aromatic nitrogens is 4. The summed E-state index contributed by atoms with van der Waals surface area (Å²) in [5.74, 6) is 2.12. The number of aryl methyl sites for hydroxylation is 3. The van der Waals surface area contributed by atoms with Crippen molar-refractivity contribution >= 4 is 5.96 Å². The van der Waals surface area contributed by atoms with E-state index in [1.807, 2.05) is 74.1 Å². The number of hydrogen-bond acceptors (Lipinski definition) is 5. The van der Waals surface area contributed by atoms with Crippen LogP contribution in [0.3, 0.4) is 0 Å². The fraction of sp³-hybridized carbons (Fsp3) is 0.280. The largest absolute Gasteiger partial charge is 0.444 e. The first-order valence-electron chi connectivity index (χ1n) is 11.0. The molecule has 33 heavy (non-hydrogen) atoms. The Morgan fingerprint density at radius 1 is 1.06 bits per heavy atom. The quantitative estimate of drug-likeness (QED) is 0.330. The standard InChI is InChI=1S/C25H29N7O/c1-5-26-25(29-15-22-16-33-24(30-22)21-9-6-17(2)7-10-21)28-14-20-8-11-23(27-13-20)32-19(4)12-18(3)31-32/h6-13,16H,5,14-15H2,1-4H3,(H2,26,28,29). The Morgan fingerprint density at radius 3 is 2.55 bits per heavy atom. The van der Waals surface area contributed by atoms with Crippen LogP contribution in [-0.4, -0.2) is 32.3 Å². The third-order valence-electron chi connectivity index (χ3n) is 5.09. The highest BCUT2D eigenvalue weighted by molar-refractivity contribution is 5.79. The molecule has 0 bridgehead atoms. The van der Waals surface area contributed by atoms with Gasteiger partial charge in [0, 0.05) is 24.0 Å². The highest BCUT2D eigenvalue weighted by Crippen LogP contribution is 2.19. The van der Waals surface area contributed by atoms with E-state index in [0.717, 1.165) is 40.6 Å². The molecule has 0 saturated carbocycles. The van der Waals surface area contributed by atoms with Gasteiger partial charge in [0.05, 0.1) is 24.5 Å². The molecule has 0 fully saturated rings. The maximum atomic E-state index is 5.64. The molecule has 0 amide bonds. The normalized spacial score (nSPS) is 11.6. The van der Waals surface area contributed by atoms with Crippen LogP contribution in [0.1, 0.15) is 35.1 Å². The SMILES string of the molecule is CCNC(=NCc1ccc(-n2nc(C)cc2C)nc1)NCc1coc(-c2ccc(C)cc2)n1. The molecule has 0 atom stereocenters. The van der Waals surface area contributed by atoms with Crippen molar-refractivity contribution in [2.45, 2.75) is 40.8 Å². The van der Waals surface area contributed by atoms with Gasteiger partial charge in [-0.2, -0.15) is 5.10 Å². The van der Waals surface area contributed by atoms with E-state index in [2.05, 4.69) is 37.6 Å². The zero-order chi connectivity index (χ0) is 23.2. The third-order valence-corrected chi connectivity index (χ3v) is 5.09. The molecule has 0 unspecified atom stereocenters. The third kappa shape index (κ3) is 5.65. The van der Waals surface area contributed by atoms with Gasteiger partial charge in [-0.1, -0.05) is 23.8 Å². The second-order valence-corrected chi connectivity index (χ2v) is 7.92. The number of pyridine rings is 1. The summed E-state index contributed by atoms with van der Waals surface area (Å²) in [7, 11) is 0. The van der Waals surface area contributed by atoms with Crippen molar-refractivity contribution in [1.29, 1.82) is 0 Å². The molecule has 8 heteroatoms. The number of guanidine groups is 1. The molecule has 4 rings (SSSR count). The summed E-state index contributed by atoms with van der Waals surface area (Å²) < 4.78 is 7.49. The molecular formula is C25H29N7O. The lowest BCUT2D eigenvalue weighted by Crippen LogP contribution is -2.36. The molecule has 0 saturated heterocycles. The van der Waals surface area contributed by atoms with Gasteiger partial charge < -0.3 is 15.1 Å². The molecule has 4 aromatic rings. The summed E-state index contributed by atoms with van der Waals surface area (Å²) in [6.07, 6.45) is 3.51. The van der Waals surface area contributed by atoms with Gasteiger partial charge >= 0.3 is 0 Å². The predicted octanol–water partition coefficient (Wildman–Crippen LogP) is 4.10. The maximum Gasteiger partial charge on any atom is 0.226 e. The van der Waals surface area contributed by atoms with E-state index >= 15 is 0 Å². The Labute approximate surface area is 193 Å². The van der Waals surface area contributed by atoms with Gasteiger partial charge in [-0.25, -0.2) is 19.6 Å². The number of nitrogens with one attached hydrogen (secondary N) is 2. The van der Waals surface area contributed by atoms with Crippen LogP contribution < -0.4 is 10.6 Å². The molecule has 8 nitrogen and oxygen atoms in total. The Hall–Kier alpha value is -3.94. The van der Waals surface area contributed by atoms with E-state index in [0.29, 0.717) is 24.9 Å². The number of benzene rings is 1. The molecule has 0 aliphatic heterocycles. The molecule has 3 aromatic heterocycles. The molecule has 0 spiro atoms. The van der Waals surface area contributed by atoms with Gasteiger partial charge in [-0.05, 0) is 57.5 Å². The van der Waals surface area contributed by atoms with Crippen LogP contribution in [0.2, 0.25) is 0 Å². The van der Waals surface area contributed by atoms with E-state index in [4.69, 9.17) is 4.42 Å². The molecule has 170 valence electrons. The molecule has 0 radical (unpaired) electrons. The van der Waals surface area contributed by atoms with E-state index < -0.39 is 0 Å². The second-order valence-electron chi connectivity index (χ2n) is 7.92. The van der Waals surface area contributed by atoms with E-state index in [-0.39, 0.29) is 0 Å². The Kier molecular flexibility index (Phi) is 6.83. The second kappa shape index (κ2) is 10.1. The van der Waals surface area contributed by atoms with E-state index in [1.54, 1.807) is 6.26 Å². The molecule has 0 aliphatic rings. The van der Waals surface area contributed by atoms with Gasteiger partial charge in [0.1, 0.15) is 6.26 Å². The molecule has 0 aliphatic carbocycles. The Bertz CT molecular complexity index is 1220. The Morgan fingerprint density at radius 2 is 1.88 bits per heavy atom. The van der Waals surface area contributed by atoms with Crippen LogP contribution in [0.15, 0.2) is 64.3 Å². The lowest BCUT2D eigenvalue weighted by molar-refractivity contribution is 0.572. The van der Waals surface area contributed by atoms with Gasteiger partial charge in [-0.3, -0.25) is 0 Å². The lowest BCUT2D eigenvalue weighted by Gasteiger charge is -2.10. The van der Waals surface area contributed by atoms with Crippen molar-refractivity contribution in [3.8, 4) is 17.3 Å². The maximum absolute atomic E-state index is 5.64. The van der Waals surface area contributed by atoms with Crippen molar-refractivity contribution in [2.24, 2.45) is 4.99 Å². The fourth-order valence-corrected chi connectivity index (χ4v) is 3.40. The van der Waals surface area contributed by atoms with Crippen molar-refractivity contribution in [3.63, 3.8) is 0 Å². The average Bonchev–Trinajstić information content (AvgIpc) is 3.42. The summed E-state index contributed by atoms with van der Waals surface area (Å²) in [5, 5.41) is 11.1. The van der Waals surface area contributed by atoms with Crippen LogP contribution in [0.4, 0.5) is 0 Å². The first-order chi connectivity index (χ1) is 16.0. The zero-order valence-electron chi connectivity index (χ0n) is 19.5. The van der Waals surface area contributed by atoms with Crippen LogP contribution in [0, 0.1) is 20.8 Å². The van der Waals surface area contributed by atoms with Gasteiger partial charge in [0.2, 0.25) is 5.89 Å².